The lowest BCUT2D eigenvalue weighted by Gasteiger charge is -1.98. The smallest absolute Gasteiger partial charge is 0.333 e. The van der Waals surface area contributed by atoms with Crippen LogP contribution >= 0.6 is 0 Å². The highest BCUT2D eigenvalue weighted by molar-refractivity contribution is 5.94. The van der Waals surface area contributed by atoms with Crippen molar-refractivity contribution >= 4 is 12.0 Å². The number of ether oxygens (including phenoxy) is 2. The summed E-state index contributed by atoms with van der Waals surface area (Å²) in [7, 11) is 0. The van der Waals surface area contributed by atoms with Crippen molar-refractivity contribution in [3.63, 3.8) is 0 Å². The molecule has 2 rings (SSSR count). The van der Waals surface area contributed by atoms with Crippen LogP contribution in [0.25, 0.3) is 10.9 Å². The van der Waals surface area contributed by atoms with Crippen LogP contribution in [0.1, 0.15) is 5.56 Å². The van der Waals surface area contributed by atoms with Crippen LogP contribution < -0.4 is 9.47 Å². The molecule has 0 fully saturated rings. The molecule has 1 N–H and O–H groups in total. The summed E-state index contributed by atoms with van der Waals surface area (Å²) < 4.78 is 10.3. The van der Waals surface area contributed by atoms with Crippen molar-refractivity contribution in [3.8, 4) is 11.5 Å². The molecule has 1 aliphatic rings. The van der Waals surface area contributed by atoms with Gasteiger partial charge in [-0.05, 0) is 23.8 Å². The number of carboxylic acid groups (broad SMARTS) is 1. The summed E-state index contributed by atoms with van der Waals surface area (Å²) in [6, 6.07) is 4.98. The van der Waals surface area contributed by atoms with Crippen LogP contribution in [0.4, 0.5) is 0 Å². The minimum atomic E-state index is -1.24. The second-order valence-corrected chi connectivity index (χ2v) is 3.06. The summed E-state index contributed by atoms with van der Waals surface area (Å²) in [4.78, 5) is 13.5. The van der Waals surface area contributed by atoms with Gasteiger partial charge in [-0.25, -0.2) is 4.85 Å². The first kappa shape index (κ1) is 10.1. The fraction of sp³-hybridized carbons (Fsp3) is 0.0909. The molecule has 0 unspecified atom stereocenters. The Bertz CT molecular complexity index is 513. The topological polar surface area (TPSA) is 60.1 Å². The van der Waals surface area contributed by atoms with Crippen LogP contribution in [0.5, 0.6) is 11.5 Å². The highest BCUT2D eigenvalue weighted by Crippen LogP contribution is 2.33. The molecule has 1 aromatic carbocycles. The zero-order chi connectivity index (χ0) is 11.5. The minimum absolute atomic E-state index is 0.164. The van der Waals surface area contributed by atoms with Crippen LogP contribution in [0.3, 0.4) is 0 Å². The van der Waals surface area contributed by atoms with Crippen LogP contribution in [0.15, 0.2) is 23.9 Å². The third-order valence-corrected chi connectivity index (χ3v) is 2.04. The summed E-state index contributed by atoms with van der Waals surface area (Å²) in [6.45, 7) is 6.88. The minimum Gasteiger partial charge on any atom is -0.486 e. The first-order chi connectivity index (χ1) is 7.70. The largest absolute Gasteiger partial charge is 0.486 e. The molecule has 0 atom stereocenters. The molecule has 0 bridgehead atoms. The standard InChI is InChI=1S/C11H7NO4/c1-12-8(11(13)14)4-7-2-3-9-10(5-7)16-6-15-9/h2-5H,6H2,(H,13,14). The summed E-state index contributed by atoms with van der Waals surface area (Å²) in [5.74, 6) is -0.0621. The highest BCUT2D eigenvalue weighted by atomic mass is 16.7. The van der Waals surface area contributed by atoms with Gasteiger partial charge in [-0.15, -0.1) is 0 Å². The number of hydrogen-bond donors (Lipinski definition) is 1. The van der Waals surface area contributed by atoms with Gasteiger partial charge in [0.2, 0.25) is 6.79 Å². The monoisotopic (exact) mass is 217 g/mol. The average Bonchev–Trinajstić information content (AvgIpc) is 2.72. The van der Waals surface area contributed by atoms with Crippen molar-refractivity contribution in [2.24, 2.45) is 0 Å². The van der Waals surface area contributed by atoms with E-state index in [-0.39, 0.29) is 12.5 Å². The fourth-order valence-electron chi connectivity index (χ4n) is 1.30. The Morgan fingerprint density at radius 3 is 2.88 bits per heavy atom. The predicted molar refractivity (Wildman–Crippen MR) is 54.8 cm³/mol. The van der Waals surface area contributed by atoms with Gasteiger partial charge in [0.1, 0.15) is 0 Å². The van der Waals surface area contributed by atoms with Gasteiger partial charge in [0.15, 0.2) is 11.5 Å². The van der Waals surface area contributed by atoms with Gasteiger partial charge in [-0.2, -0.15) is 0 Å². The van der Waals surface area contributed by atoms with E-state index in [2.05, 4.69) is 4.85 Å². The molecule has 0 saturated heterocycles. The second kappa shape index (κ2) is 3.95. The maximum Gasteiger partial charge on any atom is 0.333 e. The molecule has 80 valence electrons. The zero-order valence-corrected chi connectivity index (χ0v) is 8.14. The van der Waals surface area contributed by atoms with Gasteiger partial charge < -0.3 is 14.6 Å². The summed E-state index contributed by atoms with van der Waals surface area (Å²) in [5.41, 5.74) is 0.261. The lowest BCUT2D eigenvalue weighted by atomic mass is 10.1. The van der Waals surface area contributed by atoms with E-state index in [9.17, 15) is 4.79 Å². The fourth-order valence-corrected chi connectivity index (χ4v) is 1.30. The maximum atomic E-state index is 10.6. The molecule has 1 heterocycles. The number of aliphatic carboxylic acids is 1. The van der Waals surface area contributed by atoms with Crippen molar-refractivity contribution in [3.05, 3.63) is 40.9 Å². The van der Waals surface area contributed by atoms with E-state index in [1.807, 2.05) is 0 Å². The first-order valence-corrected chi connectivity index (χ1v) is 4.43. The molecule has 5 heteroatoms. The van der Waals surface area contributed by atoms with E-state index < -0.39 is 5.97 Å². The molecule has 0 spiro atoms. The molecule has 0 saturated carbocycles. The van der Waals surface area contributed by atoms with Gasteiger partial charge in [-0.1, -0.05) is 6.07 Å². The predicted octanol–water partition coefficient (Wildman–Crippen LogP) is 1.76. The molecule has 0 aliphatic carbocycles. The third-order valence-electron chi connectivity index (χ3n) is 2.04. The number of rotatable bonds is 2. The SMILES string of the molecule is [C-]#[N+]C(=Cc1ccc2c(c1)OCO2)C(=O)O. The molecule has 0 radical (unpaired) electrons. The number of nitrogens with zero attached hydrogens (tertiary/aromatic N) is 1. The van der Waals surface area contributed by atoms with Crippen molar-refractivity contribution in [1.29, 1.82) is 0 Å². The molecular formula is C11H7NO4. The molecule has 0 aromatic heterocycles. The number of benzene rings is 1. The lowest BCUT2D eigenvalue weighted by Crippen LogP contribution is -1.95. The molecule has 16 heavy (non-hydrogen) atoms. The van der Waals surface area contributed by atoms with Crippen LogP contribution in [0, 0.1) is 6.57 Å². The van der Waals surface area contributed by atoms with Gasteiger partial charge >= 0.3 is 5.97 Å². The highest BCUT2D eigenvalue weighted by Gasteiger charge is 2.13. The Hall–Kier alpha value is -2.48. The lowest BCUT2D eigenvalue weighted by molar-refractivity contribution is -0.132. The first-order valence-electron chi connectivity index (χ1n) is 4.43. The van der Waals surface area contributed by atoms with E-state index in [0.29, 0.717) is 17.1 Å². The van der Waals surface area contributed by atoms with Crippen molar-refractivity contribution < 1.29 is 19.4 Å². The van der Waals surface area contributed by atoms with Crippen LogP contribution in [-0.2, 0) is 4.79 Å². The van der Waals surface area contributed by atoms with Crippen molar-refractivity contribution in [2.45, 2.75) is 0 Å². The average molecular weight is 217 g/mol. The molecule has 1 aromatic rings. The number of fused-ring (bicyclic) bond motifs is 1. The number of hydrogen-bond acceptors (Lipinski definition) is 3. The van der Waals surface area contributed by atoms with E-state index in [0.717, 1.165) is 0 Å². The second-order valence-electron chi connectivity index (χ2n) is 3.06. The van der Waals surface area contributed by atoms with E-state index in [1.165, 1.54) is 6.08 Å². The normalized spacial score (nSPS) is 13.3. The van der Waals surface area contributed by atoms with E-state index in [1.54, 1.807) is 18.2 Å². The summed E-state index contributed by atoms with van der Waals surface area (Å²) in [6.07, 6.45) is 1.29. The molecule has 5 nitrogen and oxygen atoms in total. The number of carbonyl (C=O) groups is 1. The van der Waals surface area contributed by atoms with E-state index in [4.69, 9.17) is 21.2 Å². The molecular weight excluding hydrogens is 210 g/mol. The van der Waals surface area contributed by atoms with Crippen LogP contribution in [0.2, 0.25) is 0 Å². The summed E-state index contributed by atoms with van der Waals surface area (Å²) in [5, 5.41) is 8.69. The zero-order valence-electron chi connectivity index (χ0n) is 8.14. The maximum absolute atomic E-state index is 10.6. The van der Waals surface area contributed by atoms with Gasteiger partial charge in [0, 0.05) is 0 Å². The Labute approximate surface area is 91.3 Å². The Morgan fingerprint density at radius 1 is 1.44 bits per heavy atom. The van der Waals surface area contributed by atoms with Gasteiger partial charge in [0.05, 0.1) is 6.57 Å². The van der Waals surface area contributed by atoms with Gasteiger partial charge in [-0.3, -0.25) is 4.79 Å². The van der Waals surface area contributed by atoms with Crippen molar-refractivity contribution in [2.75, 3.05) is 6.79 Å². The third kappa shape index (κ3) is 1.81. The molecule has 1 aliphatic heterocycles. The quantitative estimate of drug-likeness (QED) is 0.605. The van der Waals surface area contributed by atoms with Gasteiger partial charge in [0.25, 0.3) is 5.70 Å². The van der Waals surface area contributed by atoms with Crippen molar-refractivity contribution in [1.82, 2.24) is 0 Å². The Kier molecular flexibility index (Phi) is 2.48. The summed E-state index contributed by atoms with van der Waals surface area (Å²) >= 11 is 0. The Balaban J connectivity index is 2.36. The number of carboxylic acids is 1. The van der Waals surface area contributed by atoms with Crippen LogP contribution in [-0.4, -0.2) is 17.9 Å². The Morgan fingerprint density at radius 2 is 2.19 bits per heavy atom. The van der Waals surface area contributed by atoms with E-state index >= 15 is 0 Å². The molecule has 0 amide bonds.